The molecule has 1 atom stereocenters. The topological polar surface area (TPSA) is 84.8 Å². The molecule has 1 fully saturated rings. The summed E-state index contributed by atoms with van der Waals surface area (Å²) >= 11 is 0. The van der Waals surface area contributed by atoms with E-state index in [2.05, 4.69) is 28.7 Å². The Labute approximate surface area is 190 Å². The number of aryl methyl sites for hydroxylation is 1. The fraction of sp³-hybridized carbons (Fsp3) is 0.560. The number of methoxy groups -OCH3 is 1. The zero-order valence-corrected chi connectivity index (χ0v) is 20.2. The van der Waals surface area contributed by atoms with E-state index >= 15 is 0 Å². The van der Waals surface area contributed by atoms with E-state index in [9.17, 15) is 9.90 Å². The van der Waals surface area contributed by atoms with E-state index in [1.807, 2.05) is 40.0 Å². The summed E-state index contributed by atoms with van der Waals surface area (Å²) in [5.74, 6) is -0.497. The van der Waals surface area contributed by atoms with Gasteiger partial charge in [0.2, 0.25) is 5.88 Å². The first-order valence-electron chi connectivity index (χ1n) is 11.1. The molecule has 0 unspecified atom stereocenters. The lowest BCUT2D eigenvalue weighted by Gasteiger charge is -2.40. The normalized spacial score (nSPS) is 17.2. The van der Waals surface area contributed by atoms with Crippen LogP contribution in [0.15, 0.2) is 24.5 Å². The van der Waals surface area contributed by atoms with Crippen LogP contribution in [0.3, 0.4) is 0 Å². The number of hydrogen-bond donors (Lipinski definition) is 1. The molecule has 0 saturated carbocycles. The van der Waals surface area contributed by atoms with Gasteiger partial charge in [0.05, 0.1) is 18.4 Å². The number of carbonyl (C=O) groups is 1. The highest BCUT2D eigenvalue weighted by molar-refractivity contribution is 5.86. The average molecular weight is 442 g/mol. The number of carboxylic acid groups (broad SMARTS) is 1. The van der Waals surface area contributed by atoms with Crippen LogP contribution in [0.25, 0.3) is 11.1 Å². The largest absolute Gasteiger partial charge is 0.481 e. The van der Waals surface area contributed by atoms with E-state index in [1.54, 1.807) is 19.4 Å². The van der Waals surface area contributed by atoms with Gasteiger partial charge in [-0.25, -0.2) is 9.78 Å². The minimum Gasteiger partial charge on any atom is -0.481 e. The Morgan fingerprint density at radius 2 is 1.81 bits per heavy atom. The second kappa shape index (κ2) is 9.06. The maximum atomic E-state index is 12.4. The number of hydrogen-bond acceptors (Lipinski definition) is 6. The van der Waals surface area contributed by atoms with Gasteiger partial charge in [0.25, 0.3) is 0 Å². The Kier molecular flexibility index (Phi) is 6.79. The van der Waals surface area contributed by atoms with Gasteiger partial charge in [-0.1, -0.05) is 13.8 Å². The molecule has 32 heavy (non-hydrogen) atoms. The molecule has 2 aromatic heterocycles. The quantitative estimate of drug-likeness (QED) is 0.673. The van der Waals surface area contributed by atoms with Crippen LogP contribution in [0.5, 0.6) is 5.88 Å². The molecule has 0 spiro atoms. The molecular formula is C25H35N3O4. The third kappa shape index (κ3) is 5.38. The highest BCUT2D eigenvalue weighted by atomic mass is 16.5. The van der Waals surface area contributed by atoms with Crippen LogP contribution in [0.4, 0.5) is 5.69 Å². The van der Waals surface area contributed by atoms with E-state index in [1.165, 1.54) is 0 Å². The first kappa shape index (κ1) is 24.0. The van der Waals surface area contributed by atoms with Crippen molar-refractivity contribution in [1.82, 2.24) is 9.97 Å². The predicted molar refractivity (Wildman–Crippen MR) is 125 cm³/mol. The summed E-state index contributed by atoms with van der Waals surface area (Å²) in [7, 11) is 1.58. The second-order valence-corrected chi connectivity index (χ2v) is 10.2. The summed E-state index contributed by atoms with van der Waals surface area (Å²) in [6, 6.07) is 3.73. The lowest BCUT2D eigenvalue weighted by molar-refractivity contribution is -0.160. The Morgan fingerprint density at radius 3 is 2.31 bits per heavy atom. The SMILES string of the molecule is COc1ccc(-c2cnc(C)c([C@H](OC(C)(C)C)C(=O)O)c2N2CCC(C)(C)CC2)cn1. The van der Waals surface area contributed by atoms with E-state index < -0.39 is 17.7 Å². The molecule has 3 heterocycles. The van der Waals surface area contributed by atoms with Gasteiger partial charge in [-0.2, -0.15) is 0 Å². The molecule has 0 amide bonds. The average Bonchev–Trinajstić information content (AvgIpc) is 2.71. The van der Waals surface area contributed by atoms with Crippen LogP contribution in [-0.2, 0) is 9.53 Å². The molecule has 1 aliphatic heterocycles. The number of nitrogens with zero attached hydrogens (tertiary/aromatic N) is 3. The fourth-order valence-electron chi connectivity index (χ4n) is 4.06. The monoisotopic (exact) mass is 441 g/mol. The van der Waals surface area contributed by atoms with Crippen LogP contribution in [-0.4, -0.2) is 46.8 Å². The van der Waals surface area contributed by atoms with Crippen LogP contribution >= 0.6 is 0 Å². The Bertz CT molecular complexity index is 954. The van der Waals surface area contributed by atoms with Gasteiger partial charge in [0, 0.05) is 53.9 Å². The molecule has 1 saturated heterocycles. The molecule has 2 aromatic rings. The zero-order valence-electron chi connectivity index (χ0n) is 20.2. The van der Waals surface area contributed by atoms with Crippen molar-refractivity contribution in [3.63, 3.8) is 0 Å². The molecule has 7 heteroatoms. The van der Waals surface area contributed by atoms with Gasteiger partial charge in [-0.3, -0.25) is 4.98 Å². The zero-order chi connectivity index (χ0) is 23.7. The maximum absolute atomic E-state index is 12.4. The number of rotatable bonds is 6. The Morgan fingerprint density at radius 1 is 1.16 bits per heavy atom. The summed E-state index contributed by atoms with van der Waals surface area (Å²) in [5, 5.41) is 10.1. The van der Waals surface area contributed by atoms with Gasteiger partial charge in [-0.15, -0.1) is 0 Å². The van der Waals surface area contributed by atoms with E-state index in [0.717, 1.165) is 42.7 Å². The molecule has 174 valence electrons. The van der Waals surface area contributed by atoms with Crippen LogP contribution < -0.4 is 9.64 Å². The molecule has 1 aliphatic rings. The van der Waals surface area contributed by atoms with Crippen LogP contribution in [0.1, 0.15) is 64.8 Å². The summed E-state index contributed by atoms with van der Waals surface area (Å²) in [6.07, 6.45) is 4.47. The van der Waals surface area contributed by atoms with Crippen LogP contribution in [0, 0.1) is 12.3 Å². The molecular weight excluding hydrogens is 406 g/mol. The molecule has 7 nitrogen and oxygen atoms in total. The molecule has 0 aromatic carbocycles. The molecule has 1 N–H and O–H groups in total. The minimum absolute atomic E-state index is 0.259. The van der Waals surface area contributed by atoms with Crippen molar-refractivity contribution >= 4 is 11.7 Å². The van der Waals surface area contributed by atoms with Gasteiger partial charge in [0.15, 0.2) is 6.10 Å². The number of carboxylic acids is 1. The summed E-state index contributed by atoms with van der Waals surface area (Å²) in [5.41, 5.74) is 3.48. The van der Waals surface area contributed by atoms with Gasteiger partial charge in [-0.05, 0) is 52.0 Å². The minimum atomic E-state index is -1.13. The Balaban J connectivity index is 2.21. The van der Waals surface area contributed by atoms with Gasteiger partial charge < -0.3 is 19.5 Å². The lowest BCUT2D eigenvalue weighted by Crippen LogP contribution is -2.39. The standard InChI is InChI=1S/C25H35N3O4/c1-16-20(22(23(29)30)32-24(2,3)4)21(28-12-10-25(5,6)11-13-28)18(15-26-16)17-8-9-19(31-7)27-14-17/h8-9,14-15,22H,10-13H2,1-7H3,(H,29,30)/t22-/m0/s1. The molecule has 3 rings (SSSR count). The van der Waals surface area contributed by atoms with Crippen molar-refractivity contribution in [2.24, 2.45) is 5.41 Å². The van der Waals surface area contributed by atoms with E-state index in [0.29, 0.717) is 17.1 Å². The Hall–Kier alpha value is -2.67. The summed E-state index contributed by atoms with van der Waals surface area (Å²) < 4.78 is 11.3. The number of aliphatic carboxylic acids is 1. The fourth-order valence-corrected chi connectivity index (χ4v) is 4.06. The molecule has 0 aliphatic carbocycles. The predicted octanol–water partition coefficient (Wildman–Crippen LogP) is 5.03. The summed E-state index contributed by atoms with van der Waals surface area (Å²) in [4.78, 5) is 23.6. The van der Waals surface area contributed by atoms with E-state index in [-0.39, 0.29) is 5.41 Å². The van der Waals surface area contributed by atoms with Gasteiger partial charge in [0.1, 0.15) is 0 Å². The first-order chi connectivity index (χ1) is 14.9. The number of aromatic nitrogens is 2. The number of piperidine rings is 1. The smallest absolute Gasteiger partial charge is 0.337 e. The lowest BCUT2D eigenvalue weighted by atomic mass is 9.82. The van der Waals surface area contributed by atoms with Crippen molar-refractivity contribution in [3.05, 3.63) is 35.8 Å². The van der Waals surface area contributed by atoms with Crippen molar-refractivity contribution < 1.29 is 19.4 Å². The number of anilines is 1. The first-order valence-corrected chi connectivity index (χ1v) is 11.1. The second-order valence-electron chi connectivity index (χ2n) is 10.2. The highest BCUT2D eigenvalue weighted by Crippen LogP contribution is 2.43. The third-order valence-corrected chi connectivity index (χ3v) is 5.93. The summed E-state index contributed by atoms with van der Waals surface area (Å²) in [6.45, 7) is 13.7. The van der Waals surface area contributed by atoms with Crippen molar-refractivity contribution in [2.45, 2.75) is 66.1 Å². The third-order valence-electron chi connectivity index (χ3n) is 5.93. The number of ether oxygens (including phenoxy) is 2. The number of pyridine rings is 2. The van der Waals surface area contributed by atoms with Gasteiger partial charge >= 0.3 is 5.97 Å². The highest BCUT2D eigenvalue weighted by Gasteiger charge is 2.35. The van der Waals surface area contributed by atoms with Crippen molar-refractivity contribution in [2.75, 3.05) is 25.1 Å². The molecule has 0 bridgehead atoms. The molecule has 0 radical (unpaired) electrons. The maximum Gasteiger partial charge on any atom is 0.337 e. The van der Waals surface area contributed by atoms with Crippen LogP contribution in [0.2, 0.25) is 0 Å². The van der Waals surface area contributed by atoms with E-state index in [4.69, 9.17) is 9.47 Å². The van der Waals surface area contributed by atoms with Crippen molar-refractivity contribution in [3.8, 4) is 17.0 Å². The van der Waals surface area contributed by atoms with Crippen molar-refractivity contribution in [1.29, 1.82) is 0 Å².